The lowest BCUT2D eigenvalue weighted by atomic mass is 9.76. The number of aliphatic hydroxyl groups excluding tert-OH is 1. The van der Waals surface area contributed by atoms with Gasteiger partial charge in [0.15, 0.2) is 0 Å². The van der Waals surface area contributed by atoms with Crippen LogP contribution in [0.5, 0.6) is 5.75 Å². The largest absolute Gasteiger partial charge is 0.496 e. The van der Waals surface area contributed by atoms with Crippen molar-refractivity contribution in [3.63, 3.8) is 0 Å². The van der Waals surface area contributed by atoms with E-state index < -0.39 is 17.2 Å². The minimum absolute atomic E-state index is 0.296. The first kappa shape index (κ1) is 18.5. The molecule has 1 saturated carbocycles. The summed E-state index contributed by atoms with van der Waals surface area (Å²) >= 11 is 0. The Hall–Kier alpha value is -1.79. The number of anilines is 1. The molecule has 1 aromatic carbocycles. The summed E-state index contributed by atoms with van der Waals surface area (Å²) in [6.07, 6.45) is 1.84. The van der Waals surface area contributed by atoms with Crippen molar-refractivity contribution in [2.45, 2.75) is 63.7 Å². The number of carbonyl (C=O) groups is 1. The molecule has 2 rings (SSSR count). The standard InChI is InChI=1S/C18H28N2O4/c1-17(2,3)24-16(22)20-12-5-6-15(23-4)14(11-12)18(19)9-7-13(21)8-10-18/h5-6,11,13,21H,7-10,19H2,1-4H3,(H,20,22). The maximum Gasteiger partial charge on any atom is 0.412 e. The van der Waals surface area contributed by atoms with Crippen LogP contribution >= 0.6 is 0 Å². The number of carbonyl (C=O) groups excluding carboxylic acids is 1. The first-order chi connectivity index (χ1) is 11.1. The molecule has 6 nitrogen and oxygen atoms in total. The Labute approximate surface area is 143 Å². The number of ether oxygens (including phenoxy) is 2. The number of hydrogen-bond acceptors (Lipinski definition) is 5. The molecule has 134 valence electrons. The molecule has 6 heteroatoms. The molecule has 0 spiro atoms. The van der Waals surface area contributed by atoms with E-state index in [0.717, 1.165) is 5.56 Å². The zero-order valence-corrected chi connectivity index (χ0v) is 14.9. The number of nitrogens with one attached hydrogen (secondary N) is 1. The van der Waals surface area contributed by atoms with E-state index in [1.165, 1.54) is 0 Å². The average molecular weight is 336 g/mol. The summed E-state index contributed by atoms with van der Waals surface area (Å²) in [5.74, 6) is 0.684. The first-order valence-electron chi connectivity index (χ1n) is 8.28. The molecule has 1 aromatic rings. The first-order valence-corrected chi connectivity index (χ1v) is 8.28. The topological polar surface area (TPSA) is 93.8 Å². The third kappa shape index (κ3) is 4.61. The van der Waals surface area contributed by atoms with Gasteiger partial charge >= 0.3 is 6.09 Å². The number of hydrogen-bond donors (Lipinski definition) is 3. The number of methoxy groups -OCH3 is 1. The maximum absolute atomic E-state index is 12.0. The number of nitrogens with two attached hydrogens (primary N) is 1. The van der Waals surface area contributed by atoms with Crippen molar-refractivity contribution in [3.05, 3.63) is 23.8 Å². The van der Waals surface area contributed by atoms with Crippen LogP contribution < -0.4 is 15.8 Å². The zero-order chi connectivity index (χ0) is 18.0. The Kier molecular flexibility index (Phi) is 5.40. The minimum atomic E-state index is -0.573. The van der Waals surface area contributed by atoms with E-state index in [2.05, 4.69) is 5.32 Å². The van der Waals surface area contributed by atoms with Crippen molar-refractivity contribution >= 4 is 11.8 Å². The predicted molar refractivity (Wildman–Crippen MR) is 93.2 cm³/mol. The fraction of sp³-hybridized carbons (Fsp3) is 0.611. The highest BCUT2D eigenvalue weighted by Gasteiger charge is 2.35. The number of amides is 1. The van der Waals surface area contributed by atoms with Gasteiger partial charge in [-0.3, -0.25) is 5.32 Å². The van der Waals surface area contributed by atoms with Gasteiger partial charge in [0.1, 0.15) is 11.4 Å². The van der Waals surface area contributed by atoms with Crippen molar-refractivity contribution in [3.8, 4) is 5.75 Å². The summed E-state index contributed by atoms with van der Waals surface area (Å²) in [6.45, 7) is 5.44. The SMILES string of the molecule is COc1ccc(NC(=O)OC(C)(C)C)cc1C1(N)CCC(O)CC1. The summed E-state index contributed by atoms with van der Waals surface area (Å²) < 4.78 is 10.7. The monoisotopic (exact) mass is 336 g/mol. The van der Waals surface area contributed by atoms with E-state index in [-0.39, 0.29) is 6.10 Å². The van der Waals surface area contributed by atoms with Crippen molar-refractivity contribution < 1.29 is 19.4 Å². The lowest BCUT2D eigenvalue weighted by Crippen LogP contribution is -2.42. The second-order valence-electron chi connectivity index (χ2n) is 7.43. The average Bonchev–Trinajstić information content (AvgIpc) is 2.48. The van der Waals surface area contributed by atoms with Crippen LogP contribution in [0.15, 0.2) is 18.2 Å². The molecule has 0 saturated heterocycles. The van der Waals surface area contributed by atoms with Gasteiger partial charge in [-0.2, -0.15) is 0 Å². The van der Waals surface area contributed by atoms with Crippen LogP contribution in [-0.2, 0) is 10.3 Å². The van der Waals surface area contributed by atoms with E-state index in [1.54, 1.807) is 19.2 Å². The quantitative estimate of drug-likeness (QED) is 0.788. The molecule has 24 heavy (non-hydrogen) atoms. The minimum Gasteiger partial charge on any atom is -0.496 e. The van der Waals surface area contributed by atoms with Crippen molar-refractivity contribution in [1.82, 2.24) is 0 Å². The molecular formula is C18H28N2O4. The van der Waals surface area contributed by atoms with Gasteiger partial charge in [-0.05, 0) is 64.7 Å². The van der Waals surface area contributed by atoms with Crippen LogP contribution in [0, 0.1) is 0 Å². The van der Waals surface area contributed by atoms with Gasteiger partial charge in [-0.1, -0.05) is 0 Å². The van der Waals surface area contributed by atoms with Crippen molar-refractivity contribution in [2.24, 2.45) is 5.73 Å². The van der Waals surface area contributed by atoms with Gasteiger partial charge in [-0.25, -0.2) is 4.79 Å². The van der Waals surface area contributed by atoms with E-state index >= 15 is 0 Å². The highest BCUT2D eigenvalue weighted by molar-refractivity contribution is 5.85. The van der Waals surface area contributed by atoms with Crippen LogP contribution in [-0.4, -0.2) is 30.0 Å². The predicted octanol–water partition coefficient (Wildman–Crippen LogP) is 3.13. The highest BCUT2D eigenvalue weighted by Crippen LogP contribution is 2.40. The molecule has 0 radical (unpaired) electrons. The van der Waals surface area contributed by atoms with E-state index in [1.807, 2.05) is 26.8 Å². The Morgan fingerprint density at radius 2 is 1.96 bits per heavy atom. The number of benzene rings is 1. The van der Waals surface area contributed by atoms with Crippen LogP contribution in [0.25, 0.3) is 0 Å². The highest BCUT2D eigenvalue weighted by atomic mass is 16.6. The molecule has 0 aliphatic heterocycles. The molecular weight excluding hydrogens is 308 g/mol. The molecule has 0 aromatic heterocycles. The lowest BCUT2D eigenvalue weighted by molar-refractivity contribution is 0.0636. The maximum atomic E-state index is 12.0. The van der Waals surface area contributed by atoms with Crippen molar-refractivity contribution in [2.75, 3.05) is 12.4 Å². The molecule has 1 amide bonds. The lowest BCUT2D eigenvalue weighted by Gasteiger charge is -2.37. The van der Waals surface area contributed by atoms with Gasteiger partial charge in [0.2, 0.25) is 0 Å². The van der Waals surface area contributed by atoms with Crippen LogP contribution in [0.4, 0.5) is 10.5 Å². The summed E-state index contributed by atoms with van der Waals surface area (Å²) in [5.41, 5.74) is 6.90. The van der Waals surface area contributed by atoms with Gasteiger partial charge < -0.3 is 20.3 Å². The number of rotatable bonds is 3. The van der Waals surface area contributed by atoms with Crippen LogP contribution in [0.2, 0.25) is 0 Å². The van der Waals surface area contributed by atoms with Gasteiger partial charge in [0.25, 0.3) is 0 Å². The molecule has 0 heterocycles. The third-order valence-corrected chi connectivity index (χ3v) is 4.23. The Balaban J connectivity index is 2.23. The second kappa shape index (κ2) is 6.99. The molecule has 0 atom stereocenters. The van der Waals surface area contributed by atoms with Crippen molar-refractivity contribution in [1.29, 1.82) is 0 Å². The Morgan fingerprint density at radius 1 is 1.33 bits per heavy atom. The second-order valence-corrected chi connectivity index (χ2v) is 7.43. The van der Waals surface area contributed by atoms with Gasteiger partial charge in [-0.15, -0.1) is 0 Å². The van der Waals surface area contributed by atoms with Gasteiger partial charge in [0.05, 0.1) is 13.2 Å². The third-order valence-electron chi connectivity index (χ3n) is 4.23. The van der Waals surface area contributed by atoms with Crippen LogP contribution in [0.1, 0.15) is 52.0 Å². The molecule has 1 aliphatic rings. The molecule has 1 fully saturated rings. The fourth-order valence-corrected chi connectivity index (χ4v) is 2.98. The zero-order valence-electron chi connectivity index (χ0n) is 14.9. The van der Waals surface area contributed by atoms with E-state index in [9.17, 15) is 9.90 Å². The fourth-order valence-electron chi connectivity index (χ4n) is 2.98. The summed E-state index contributed by atoms with van der Waals surface area (Å²) in [6, 6.07) is 5.38. The number of aliphatic hydroxyl groups is 1. The normalized spacial score (nSPS) is 24.3. The summed E-state index contributed by atoms with van der Waals surface area (Å²) in [4.78, 5) is 12.0. The molecule has 0 bridgehead atoms. The van der Waals surface area contributed by atoms with Gasteiger partial charge in [0, 0.05) is 16.8 Å². The van der Waals surface area contributed by atoms with E-state index in [4.69, 9.17) is 15.2 Å². The van der Waals surface area contributed by atoms with E-state index in [0.29, 0.717) is 37.1 Å². The summed E-state index contributed by atoms with van der Waals surface area (Å²) in [7, 11) is 1.60. The molecule has 0 unspecified atom stereocenters. The molecule has 4 N–H and O–H groups in total. The Bertz CT molecular complexity index is 587. The summed E-state index contributed by atoms with van der Waals surface area (Å²) in [5, 5.41) is 12.5. The smallest absolute Gasteiger partial charge is 0.412 e. The van der Waals surface area contributed by atoms with Crippen LogP contribution in [0.3, 0.4) is 0 Å². The Morgan fingerprint density at radius 3 is 2.50 bits per heavy atom. The molecule has 1 aliphatic carbocycles.